The summed E-state index contributed by atoms with van der Waals surface area (Å²) in [4.78, 5) is 43.9. The van der Waals surface area contributed by atoms with Crippen molar-refractivity contribution >= 4 is 17.8 Å². The smallest absolute Gasteiger partial charge is 0.322 e. The highest BCUT2D eigenvalue weighted by atomic mass is 16.5. The molecule has 0 bridgehead atoms. The summed E-state index contributed by atoms with van der Waals surface area (Å²) in [6.07, 6.45) is 1.57. The van der Waals surface area contributed by atoms with E-state index in [0.29, 0.717) is 34.7 Å². The number of fused-ring (bicyclic) bond motifs is 1. The average Bonchev–Trinajstić information content (AvgIpc) is 3.29. The number of methoxy groups -OCH3 is 1. The van der Waals surface area contributed by atoms with E-state index >= 15 is 0 Å². The van der Waals surface area contributed by atoms with Gasteiger partial charge in [0.1, 0.15) is 17.2 Å². The summed E-state index contributed by atoms with van der Waals surface area (Å²) in [5.74, 6) is -0.184. The fourth-order valence-electron chi connectivity index (χ4n) is 4.31. The third-order valence-corrected chi connectivity index (χ3v) is 6.00. The first kappa shape index (κ1) is 20.5. The van der Waals surface area contributed by atoms with Gasteiger partial charge >= 0.3 is 6.03 Å². The zero-order valence-electron chi connectivity index (χ0n) is 17.7. The lowest BCUT2D eigenvalue weighted by Gasteiger charge is -2.31. The number of aromatic nitrogens is 1. The molecular formula is C24H20N4O5. The number of rotatable bonds is 5. The lowest BCUT2D eigenvalue weighted by molar-refractivity contribution is -0.124. The second-order valence-electron chi connectivity index (χ2n) is 7.95. The van der Waals surface area contributed by atoms with Crippen LogP contribution in [0, 0.1) is 0 Å². The molecule has 3 heterocycles. The number of hydrogen-bond acceptors (Lipinski definition) is 6. The zero-order chi connectivity index (χ0) is 23.2. The van der Waals surface area contributed by atoms with Crippen LogP contribution in [-0.4, -0.2) is 46.5 Å². The minimum Gasteiger partial charge on any atom is -0.506 e. The first-order valence-electron chi connectivity index (χ1n) is 10.3. The van der Waals surface area contributed by atoms with Gasteiger partial charge in [-0.15, -0.1) is 0 Å². The van der Waals surface area contributed by atoms with Crippen LogP contribution in [0.1, 0.15) is 21.5 Å². The number of amides is 4. The first-order chi connectivity index (χ1) is 15.9. The Bertz CT molecular complexity index is 1290. The highest BCUT2D eigenvalue weighted by Gasteiger charge is 2.50. The molecule has 3 aromatic rings. The summed E-state index contributed by atoms with van der Waals surface area (Å²) < 4.78 is 5.22. The molecule has 2 aromatic carbocycles. The Balaban J connectivity index is 1.49. The summed E-state index contributed by atoms with van der Waals surface area (Å²) >= 11 is 0. The summed E-state index contributed by atoms with van der Waals surface area (Å²) in [6, 6.07) is 14.6. The Morgan fingerprint density at radius 3 is 2.58 bits per heavy atom. The first-order valence-corrected chi connectivity index (χ1v) is 10.3. The van der Waals surface area contributed by atoms with Gasteiger partial charge in [0.05, 0.1) is 13.7 Å². The number of benzene rings is 2. The van der Waals surface area contributed by atoms with E-state index in [1.807, 2.05) is 6.07 Å². The Morgan fingerprint density at radius 1 is 1.12 bits per heavy atom. The minimum absolute atomic E-state index is 0.0303. The Morgan fingerprint density at radius 2 is 1.91 bits per heavy atom. The van der Waals surface area contributed by atoms with Crippen LogP contribution in [0.2, 0.25) is 0 Å². The third kappa shape index (κ3) is 3.34. The van der Waals surface area contributed by atoms with Gasteiger partial charge in [0.15, 0.2) is 5.54 Å². The van der Waals surface area contributed by atoms with Crippen molar-refractivity contribution in [2.24, 2.45) is 0 Å². The predicted octanol–water partition coefficient (Wildman–Crippen LogP) is 2.15. The molecule has 1 fully saturated rings. The number of urea groups is 1. The molecule has 33 heavy (non-hydrogen) atoms. The van der Waals surface area contributed by atoms with Crippen molar-refractivity contribution in [3.05, 3.63) is 77.5 Å². The van der Waals surface area contributed by atoms with E-state index in [1.165, 1.54) is 18.1 Å². The fourth-order valence-corrected chi connectivity index (χ4v) is 4.31. The van der Waals surface area contributed by atoms with Gasteiger partial charge in [0.2, 0.25) is 0 Å². The largest absolute Gasteiger partial charge is 0.506 e. The van der Waals surface area contributed by atoms with Gasteiger partial charge in [-0.3, -0.25) is 19.9 Å². The molecule has 166 valence electrons. The predicted molar refractivity (Wildman–Crippen MR) is 117 cm³/mol. The number of aromatic hydroxyl groups is 1. The Hall–Kier alpha value is -4.40. The maximum atomic E-state index is 13.1. The normalized spacial score (nSPS) is 19.3. The lowest BCUT2D eigenvalue weighted by Crippen LogP contribution is -2.52. The lowest BCUT2D eigenvalue weighted by atomic mass is 9.88. The number of hydrogen-bond donors (Lipinski definition) is 3. The number of imide groups is 1. The summed E-state index contributed by atoms with van der Waals surface area (Å²) in [7, 11) is 1.53. The molecule has 0 radical (unpaired) electrons. The fraction of sp³-hybridized carbons (Fsp3) is 0.167. The number of nitrogens with zero attached hydrogens (tertiary/aromatic N) is 2. The molecule has 3 N–H and O–H groups in total. The molecule has 0 unspecified atom stereocenters. The van der Waals surface area contributed by atoms with Crippen molar-refractivity contribution in [3.8, 4) is 22.8 Å². The number of pyridine rings is 1. The highest BCUT2D eigenvalue weighted by molar-refractivity contribution is 6.08. The summed E-state index contributed by atoms with van der Waals surface area (Å²) in [6.45, 7) is 0.261. The van der Waals surface area contributed by atoms with Gasteiger partial charge in [-0.05, 0) is 35.4 Å². The molecular weight excluding hydrogens is 424 g/mol. The van der Waals surface area contributed by atoms with Crippen LogP contribution in [0.4, 0.5) is 4.79 Å². The van der Waals surface area contributed by atoms with Crippen LogP contribution in [0.15, 0.2) is 60.8 Å². The van der Waals surface area contributed by atoms with Crippen LogP contribution in [-0.2, 0) is 16.9 Å². The van der Waals surface area contributed by atoms with E-state index in [9.17, 15) is 19.5 Å². The van der Waals surface area contributed by atoms with E-state index in [1.54, 1.807) is 48.7 Å². The topological polar surface area (TPSA) is 121 Å². The molecule has 1 saturated heterocycles. The van der Waals surface area contributed by atoms with Crippen LogP contribution in [0.25, 0.3) is 11.3 Å². The van der Waals surface area contributed by atoms with Crippen molar-refractivity contribution in [2.45, 2.75) is 12.1 Å². The maximum Gasteiger partial charge on any atom is 0.322 e. The van der Waals surface area contributed by atoms with Crippen molar-refractivity contribution < 1.29 is 24.2 Å². The van der Waals surface area contributed by atoms with Crippen molar-refractivity contribution in [1.29, 1.82) is 0 Å². The number of ether oxygens (including phenoxy) is 1. The molecule has 2 aliphatic heterocycles. The quantitative estimate of drug-likeness (QED) is 0.519. The maximum absolute atomic E-state index is 13.1. The second kappa shape index (κ2) is 7.63. The molecule has 0 spiro atoms. The highest BCUT2D eigenvalue weighted by Crippen LogP contribution is 2.34. The zero-order valence-corrected chi connectivity index (χ0v) is 17.7. The second-order valence-corrected chi connectivity index (χ2v) is 7.95. The van der Waals surface area contributed by atoms with E-state index < -0.39 is 17.5 Å². The molecule has 2 aliphatic rings. The van der Waals surface area contributed by atoms with Gasteiger partial charge in [-0.2, -0.15) is 0 Å². The van der Waals surface area contributed by atoms with E-state index in [2.05, 4.69) is 15.6 Å². The van der Waals surface area contributed by atoms with E-state index in [0.717, 1.165) is 5.56 Å². The van der Waals surface area contributed by atoms with Gasteiger partial charge in [0.25, 0.3) is 11.8 Å². The van der Waals surface area contributed by atoms with Crippen LogP contribution < -0.4 is 15.4 Å². The van der Waals surface area contributed by atoms with Crippen LogP contribution in [0.5, 0.6) is 11.5 Å². The molecule has 0 saturated carbocycles. The summed E-state index contributed by atoms with van der Waals surface area (Å²) in [5.41, 5.74) is 1.43. The van der Waals surface area contributed by atoms with Gasteiger partial charge < -0.3 is 20.1 Å². The van der Waals surface area contributed by atoms with Crippen molar-refractivity contribution in [1.82, 2.24) is 20.5 Å². The molecule has 5 rings (SSSR count). The minimum atomic E-state index is -1.45. The molecule has 9 heteroatoms. The SMILES string of the molecule is COc1ccc2c(c1)C(=O)N(C[C@@]1(c3ccc(-c4ncccc4O)cc3)NC(=O)NC1=O)C2. The molecule has 1 atom stereocenters. The summed E-state index contributed by atoms with van der Waals surface area (Å²) in [5, 5.41) is 15.1. The Kier molecular flexibility index (Phi) is 4.74. The van der Waals surface area contributed by atoms with Crippen molar-refractivity contribution in [3.63, 3.8) is 0 Å². The monoisotopic (exact) mass is 444 g/mol. The number of carbonyl (C=O) groups excluding carboxylic acids is 3. The standard InChI is InChI=1S/C24H20N4O5/c1-33-17-9-6-15-12-28(21(30)18(15)11-17)13-24(22(31)26-23(32)27-24)16-7-4-14(5-8-16)20-19(29)3-2-10-25-20/h2-11,29H,12-13H2,1H3,(H2,26,27,31,32)/t24-/m0/s1. The van der Waals surface area contributed by atoms with Gasteiger partial charge in [-0.25, -0.2) is 4.79 Å². The van der Waals surface area contributed by atoms with E-state index in [-0.39, 0.29) is 18.2 Å². The van der Waals surface area contributed by atoms with Crippen LogP contribution in [0.3, 0.4) is 0 Å². The molecule has 9 nitrogen and oxygen atoms in total. The van der Waals surface area contributed by atoms with Crippen molar-refractivity contribution in [2.75, 3.05) is 13.7 Å². The van der Waals surface area contributed by atoms with Gasteiger partial charge in [-0.1, -0.05) is 30.3 Å². The molecule has 4 amide bonds. The number of carbonyl (C=O) groups is 3. The Labute approximate surface area is 189 Å². The van der Waals surface area contributed by atoms with Gasteiger partial charge in [0, 0.05) is 23.9 Å². The molecule has 1 aromatic heterocycles. The van der Waals surface area contributed by atoms with E-state index in [4.69, 9.17) is 4.74 Å². The third-order valence-electron chi connectivity index (χ3n) is 6.00. The van der Waals surface area contributed by atoms with Crippen LogP contribution >= 0.6 is 0 Å². The molecule has 0 aliphatic carbocycles. The number of nitrogens with one attached hydrogen (secondary N) is 2. The average molecular weight is 444 g/mol.